The molecular formula is C23H15BrCl2N4O4. The zero-order chi connectivity index (χ0) is 24.4. The first-order valence-corrected chi connectivity index (χ1v) is 11.4. The van der Waals surface area contributed by atoms with Gasteiger partial charge in [-0.25, -0.2) is 4.98 Å². The van der Waals surface area contributed by atoms with E-state index in [-0.39, 0.29) is 33.6 Å². The molecule has 3 aromatic carbocycles. The lowest BCUT2D eigenvalue weighted by Gasteiger charge is -2.11. The number of benzene rings is 3. The van der Waals surface area contributed by atoms with Gasteiger partial charge in [0.2, 0.25) is 0 Å². The van der Waals surface area contributed by atoms with Crippen LogP contribution in [0.25, 0.3) is 10.9 Å². The highest BCUT2D eigenvalue weighted by molar-refractivity contribution is 9.10. The minimum atomic E-state index is -0.471. The molecule has 4 aromatic rings. The minimum absolute atomic E-state index is 0.00736. The third-order valence-electron chi connectivity index (χ3n) is 4.84. The van der Waals surface area contributed by atoms with Crippen LogP contribution in [0.15, 0.2) is 69.0 Å². The molecule has 0 radical (unpaired) electrons. The van der Waals surface area contributed by atoms with Crippen LogP contribution in [0.4, 0.5) is 5.69 Å². The molecule has 4 rings (SSSR count). The van der Waals surface area contributed by atoms with Crippen molar-refractivity contribution < 1.29 is 9.66 Å². The van der Waals surface area contributed by atoms with E-state index in [0.717, 1.165) is 4.47 Å². The van der Waals surface area contributed by atoms with Gasteiger partial charge in [-0.2, -0.15) is 9.78 Å². The summed E-state index contributed by atoms with van der Waals surface area (Å²) < 4.78 is 7.69. The minimum Gasteiger partial charge on any atom is -0.486 e. The summed E-state index contributed by atoms with van der Waals surface area (Å²) in [5.41, 5.74) is 1.54. The lowest BCUT2D eigenvalue weighted by molar-refractivity contribution is -0.384. The maximum Gasteiger partial charge on any atom is 0.282 e. The fourth-order valence-electron chi connectivity index (χ4n) is 3.18. The number of hydrogen-bond donors (Lipinski definition) is 0. The number of aromatic nitrogens is 2. The molecule has 1 aromatic heterocycles. The van der Waals surface area contributed by atoms with Crippen LogP contribution in [0.3, 0.4) is 0 Å². The molecule has 0 aliphatic carbocycles. The normalized spacial score (nSPS) is 11.3. The summed E-state index contributed by atoms with van der Waals surface area (Å²) in [7, 11) is 0. The third kappa shape index (κ3) is 5.11. The second-order valence-corrected chi connectivity index (χ2v) is 8.94. The molecule has 0 fully saturated rings. The van der Waals surface area contributed by atoms with E-state index < -0.39 is 4.92 Å². The number of nitro groups is 1. The van der Waals surface area contributed by atoms with Gasteiger partial charge in [0.25, 0.3) is 11.2 Å². The Morgan fingerprint density at radius 1 is 1.15 bits per heavy atom. The van der Waals surface area contributed by atoms with Gasteiger partial charge in [0.15, 0.2) is 5.75 Å². The summed E-state index contributed by atoms with van der Waals surface area (Å²) in [4.78, 5) is 27.6. The zero-order valence-corrected chi connectivity index (χ0v) is 20.6. The van der Waals surface area contributed by atoms with Gasteiger partial charge in [-0.3, -0.25) is 14.9 Å². The van der Waals surface area contributed by atoms with E-state index in [1.165, 1.54) is 23.0 Å². The number of nitrogens with zero attached hydrogens (tertiary/aromatic N) is 4. The number of nitro benzene ring substituents is 1. The molecule has 172 valence electrons. The first kappa shape index (κ1) is 23.9. The van der Waals surface area contributed by atoms with Crippen molar-refractivity contribution >= 4 is 61.9 Å². The Morgan fingerprint density at radius 2 is 1.82 bits per heavy atom. The third-order valence-corrected chi connectivity index (χ3v) is 5.90. The van der Waals surface area contributed by atoms with Crippen molar-refractivity contribution in [1.29, 1.82) is 0 Å². The number of rotatable bonds is 6. The van der Waals surface area contributed by atoms with Crippen LogP contribution in [0.5, 0.6) is 5.75 Å². The molecule has 11 heteroatoms. The average Bonchev–Trinajstić information content (AvgIpc) is 2.79. The summed E-state index contributed by atoms with van der Waals surface area (Å²) in [5, 5.41) is 16.0. The maximum absolute atomic E-state index is 12.9. The van der Waals surface area contributed by atoms with Gasteiger partial charge in [-0.05, 0) is 60.5 Å². The molecule has 0 saturated carbocycles. The SMILES string of the molecule is Cc1nc2ccc(Br)cc2c(=O)n1N=Cc1cc(Cl)c(OCc2ccc([N+](=O)[O-])cc2)c(Cl)c1. The van der Waals surface area contributed by atoms with Crippen LogP contribution in [-0.4, -0.2) is 20.8 Å². The molecule has 0 N–H and O–H groups in total. The molecule has 1 heterocycles. The predicted octanol–water partition coefficient (Wildman–Crippen LogP) is 6.14. The Labute approximate surface area is 211 Å². The number of aryl methyl sites for hydroxylation is 1. The second kappa shape index (κ2) is 9.92. The fourth-order valence-corrected chi connectivity index (χ4v) is 4.16. The Balaban J connectivity index is 1.56. The molecule has 0 amide bonds. The van der Waals surface area contributed by atoms with Crippen molar-refractivity contribution in [2.24, 2.45) is 5.10 Å². The lowest BCUT2D eigenvalue weighted by Crippen LogP contribution is -2.20. The van der Waals surface area contributed by atoms with Crippen molar-refractivity contribution in [1.82, 2.24) is 9.66 Å². The molecule has 0 atom stereocenters. The van der Waals surface area contributed by atoms with Crippen molar-refractivity contribution in [3.05, 3.63) is 107 Å². The zero-order valence-electron chi connectivity index (χ0n) is 17.5. The number of ether oxygens (including phenoxy) is 1. The topological polar surface area (TPSA) is 99.6 Å². The predicted molar refractivity (Wildman–Crippen MR) is 135 cm³/mol. The highest BCUT2D eigenvalue weighted by atomic mass is 79.9. The highest BCUT2D eigenvalue weighted by Gasteiger charge is 2.12. The van der Waals surface area contributed by atoms with Crippen LogP contribution in [0.2, 0.25) is 10.0 Å². The monoisotopic (exact) mass is 560 g/mol. The second-order valence-electron chi connectivity index (χ2n) is 7.21. The van der Waals surface area contributed by atoms with E-state index in [1.54, 1.807) is 43.3 Å². The van der Waals surface area contributed by atoms with Gasteiger partial charge < -0.3 is 4.74 Å². The Hall–Kier alpha value is -3.27. The molecule has 0 aliphatic rings. The molecule has 0 bridgehead atoms. The van der Waals surface area contributed by atoms with Gasteiger partial charge in [-0.1, -0.05) is 39.1 Å². The van der Waals surface area contributed by atoms with Crippen molar-refractivity contribution in [2.45, 2.75) is 13.5 Å². The van der Waals surface area contributed by atoms with E-state index in [4.69, 9.17) is 27.9 Å². The van der Waals surface area contributed by atoms with E-state index in [1.807, 2.05) is 6.07 Å². The van der Waals surface area contributed by atoms with E-state index in [9.17, 15) is 14.9 Å². The Morgan fingerprint density at radius 3 is 2.47 bits per heavy atom. The van der Waals surface area contributed by atoms with Gasteiger partial charge in [-0.15, -0.1) is 0 Å². The number of halogens is 3. The van der Waals surface area contributed by atoms with Crippen LogP contribution < -0.4 is 10.3 Å². The quantitative estimate of drug-likeness (QED) is 0.160. The summed E-state index contributed by atoms with van der Waals surface area (Å²) in [6, 6.07) is 14.5. The summed E-state index contributed by atoms with van der Waals surface area (Å²) in [6.45, 7) is 1.81. The highest BCUT2D eigenvalue weighted by Crippen LogP contribution is 2.34. The van der Waals surface area contributed by atoms with Gasteiger partial charge in [0.1, 0.15) is 12.4 Å². The van der Waals surface area contributed by atoms with E-state index in [2.05, 4.69) is 26.0 Å². The first-order chi connectivity index (χ1) is 16.2. The van der Waals surface area contributed by atoms with Gasteiger partial charge >= 0.3 is 0 Å². The fraction of sp³-hybridized carbons (Fsp3) is 0.0870. The summed E-state index contributed by atoms with van der Waals surface area (Å²) in [5.74, 6) is 0.695. The van der Waals surface area contributed by atoms with Crippen molar-refractivity contribution in [2.75, 3.05) is 0 Å². The smallest absolute Gasteiger partial charge is 0.282 e. The average molecular weight is 562 g/mol. The molecule has 34 heavy (non-hydrogen) atoms. The molecule has 0 saturated heterocycles. The lowest BCUT2D eigenvalue weighted by atomic mass is 10.2. The van der Waals surface area contributed by atoms with Crippen LogP contribution >= 0.6 is 39.1 Å². The molecule has 0 unspecified atom stereocenters. The number of fused-ring (bicyclic) bond motifs is 1. The largest absolute Gasteiger partial charge is 0.486 e. The molecule has 0 aliphatic heterocycles. The van der Waals surface area contributed by atoms with Crippen molar-refractivity contribution in [3.8, 4) is 5.75 Å². The Bertz CT molecular complexity index is 1480. The number of hydrogen-bond acceptors (Lipinski definition) is 6. The molecular weight excluding hydrogens is 547 g/mol. The van der Waals surface area contributed by atoms with Crippen LogP contribution in [0, 0.1) is 17.0 Å². The molecule has 8 nitrogen and oxygen atoms in total. The summed E-state index contributed by atoms with van der Waals surface area (Å²) in [6.07, 6.45) is 1.46. The number of non-ortho nitro benzene ring substituents is 1. The van der Waals surface area contributed by atoms with E-state index in [0.29, 0.717) is 27.9 Å². The molecule has 0 spiro atoms. The van der Waals surface area contributed by atoms with Crippen molar-refractivity contribution in [3.63, 3.8) is 0 Å². The maximum atomic E-state index is 12.9. The standard InChI is InChI=1S/C23H15BrCl2N4O4/c1-13-28-21-7-4-16(24)10-18(21)23(31)29(13)27-11-15-8-19(25)22(20(26)9-15)34-12-14-2-5-17(6-3-14)30(32)33/h2-11H,12H2,1H3. The first-order valence-electron chi connectivity index (χ1n) is 9.81. The van der Waals surface area contributed by atoms with Gasteiger partial charge in [0.05, 0.1) is 32.1 Å². The summed E-state index contributed by atoms with van der Waals surface area (Å²) >= 11 is 16.1. The van der Waals surface area contributed by atoms with Crippen LogP contribution in [-0.2, 0) is 6.61 Å². The van der Waals surface area contributed by atoms with Crippen LogP contribution in [0.1, 0.15) is 17.0 Å². The Kier molecular flexibility index (Phi) is 6.97. The van der Waals surface area contributed by atoms with E-state index >= 15 is 0 Å². The van der Waals surface area contributed by atoms with Gasteiger partial charge in [0, 0.05) is 16.6 Å².